The number of thiophene rings is 1. The largest absolute Gasteiger partial charge is 0.379 e. The number of carbonyl (C=O) groups excluding carboxylic acids is 1. The summed E-state index contributed by atoms with van der Waals surface area (Å²) in [6.45, 7) is 3.44. The highest BCUT2D eigenvalue weighted by molar-refractivity contribution is 9.11. The summed E-state index contributed by atoms with van der Waals surface area (Å²) in [4.78, 5) is 12.7. The van der Waals surface area contributed by atoms with Gasteiger partial charge in [-0.25, -0.2) is 0 Å². The van der Waals surface area contributed by atoms with Crippen molar-refractivity contribution in [2.24, 2.45) is 0 Å². The average Bonchev–Trinajstić information content (AvgIpc) is 2.65. The molecule has 88 valence electrons. The molecular formula is C11H14BrNO2S. The van der Waals surface area contributed by atoms with Crippen LogP contribution >= 0.6 is 27.3 Å². The summed E-state index contributed by atoms with van der Waals surface area (Å²) < 4.78 is 6.38. The lowest BCUT2D eigenvalue weighted by atomic mass is 9.95. The van der Waals surface area contributed by atoms with Crippen LogP contribution in [0, 0.1) is 0 Å². The van der Waals surface area contributed by atoms with E-state index in [4.69, 9.17) is 4.74 Å². The van der Waals surface area contributed by atoms with Crippen LogP contribution in [0.5, 0.6) is 0 Å². The normalized spacial score (nSPS) is 25.4. The SMILES string of the molecule is CC1(NC(=O)c2ccc(Br)s2)CCCOC1. The number of ether oxygens (including phenoxy) is 1. The number of hydrogen-bond acceptors (Lipinski definition) is 3. The van der Waals surface area contributed by atoms with E-state index in [1.54, 1.807) is 0 Å². The summed E-state index contributed by atoms with van der Waals surface area (Å²) >= 11 is 4.80. The second-order valence-corrected chi connectivity index (χ2v) is 6.74. The lowest BCUT2D eigenvalue weighted by Gasteiger charge is -2.34. The van der Waals surface area contributed by atoms with Crippen molar-refractivity contribution in [3.05, 3.63) is 20.8 Å². The van der Waals surface area contributed by atoms with Crippen LogP contribution in [-0.2, 0) is 4.74 Å². The van der Waals surface area contributed by atoms with Crippen LogP contribution in [0.15, 0.2) is 15.9 Å². The van der Waals surface area contributed by atoms with Crippen LogP contribution in [0.2, 0.25) is 0 Å². The molecule has 0 bridgehead atoms. The van der Waals surface area contributed by atoms with E-state index < -0.39 is 0 Å². The van der Waals surface area contributed by atoms with E-state index in [9.17, 15) is 4.79 Å². The van der Waals surface area contributed by atoms with E-state index in [0.717, 1.165) is 28.1 Å². The Morgan fingerprint density at radius 1 is 1.62 bits per heavy atom. The molecule has 1 saturated heterocycles. The van der Waals surface area contributed by atoms with Gasteiger partial charge in [-0.05, 0) is 47.8 Å². The number of amides is 1. The first-order valence-corrected chi connectivity index (χ1v) is 6.86. The van der Waals surface area contributed by atoms with Crippen molar-refractivity contribution >= 4 is 33.2 Å². The second-order valence-electron chi connectivity index (χ2n) is 4.27. The quantitative estimate of drug-likeness (QED) is 0.912. The van der Waals surface area contributed by atoms with Gasteiger partial charge in [0.25, 0.3) is 5.91 Å². The van der Waals surface area contributed by atoms with Crippen LogP contribution in [-0.4, -0.2) is 24.7 Å². The van der Waals surface area contributed by atoms with Gasteiger partial charge in [-0.2, -0.15) is 0 Å². The van der Waals surface area contributed by atoms with Crippen molar-refractivity contribution in [1.29, 1.82) is 0 Å². The number of carbonyl (C=O) groups is 1. The molecule has 1 atom stereocenters. The van der Waals surface area contributed by atoms with Crippen molar-refractivity contribution in [1.82, 2.24) is 5.32 Å². The van der Waals surface area contributed by atoms with E-state index in [2.05, 4.69) is 21.2 Å². The van der Waals surface area contributed by atoms with Crippen LogP contribution in [0.3, 0.4) is 0 Å². The van der Waals surface area contributed by atoms with Gasteiger partial charge >= 0.3 is 0 Å². The van der Waals surface area contributed by atoms with Gasteiger partial charge in [0, 0.05) is 6.61 Å². The van der Waals surface area contributed by atoms with Crippen LogP contribution in [0.4, 0.5) is 0 Å². The zero-order valence-corrected chi connectivity index (χ0v) is 11.5. The molecule has 2 heterocycles. The molecule has 1 aliphatic rings. The van der Waals surface area contributed by atoms with Gasteiger partial charge < -0.3 is 10.1 Å². The summed E-state index contributed by atoms with van der Waals surface area (Å²) in [5, 5.41) is 3.05. The molecule has 1 N–H and O–H groups in total. The lowest BCUT2D eigenvalue weighted by Crippen LogP contribution is -2.51. The third-order valence-corrected chi connectivity index (χ3v) is 4.27. The van der Waals surface area contributed by atoms with Gasteiger partial charge in [0.15, 0.2) is 0 Å². The Balaban J connectivity index is 2.01. The molecule has 5 heteroatoms. The minimum Gasteiger partial charge on any atom is -0.379 e. The highest BCUT2D eigenvalue weighted by Gasteiger charge is 2.29. The van der Waals surface area contributed by atoms with Gasteiger partial charge in [0.2, 0.25) is 0 Å². The van der Waals surface area contributed by atoms with Crippen molar-refractivity contribution in [2.45, 2.75) is 25.3 Å². The fourth-order valence-corrected chi connectivity index (χ4v) is 3.09. The summed E-state index contributed by atoms with van der Waals surface area (Å²) in [7, 11) is 0. The highest BCUT2D eigenvalue weighted by atomic mass is 79.9. The third kappa shape index (κ3) is 2.84. The zero-order valence-electron chi connectivity index (χ0n) is 9.09. The lowest BCUT2D eigenvalue weighted by molar-refractivity contribution is 0.0274. The van der Waals surface area contributed by atoms with Gasteiger partial charge in [0.1, 0.15) is 0 Å². The molecule has 1 unspecified atom stereocenters. The second kappa shape index (κ2) is 4.85. The summed E-state index contributed by atoms with van der Waals surface area (Å²) in [6, 6.07) is 3.72. The molecule has 0 aliphatic carbocycles. The minimum absolute atomic E-state index is 0.0105. The minimum atomic E-state index is -0.216. The molecule has 3 nitrogen and oxygen atoms in total. The predicted molar refractivity (Wildman–Crippen MR) is 67.9 cm³/mol. The Hall–Kier alpha value is -0.390. The molecule has 1 aromatic heterocycles. The standard InChI is InChI=1S/C11H14BrNO2S/c1-11(5-2-6-15-7-11)13-10(14)8-3-4-9(12)16-8/h3-4H,2,5-7H2,1H3,(H,13,14). The maximum atomic E-state index is 12.0. The van der Waals surface area contributed by atoms with E-state index >= 15 is 0 Å². The summed E-state index contributed by atoms with van der Waals surface area (Å²) in [5.74, 6) is -0.0105. The Labute approximate surface area is 107 Å². The van der Waals surface area contributed by atoms with Gasteiger partial charge in [-0.3, -0.25) is 4.79 Å². The van der Waals surface area contributed by atoms with E-state index in [1.807, 2.05) is 19.1 Å². The molecule has 1 amide bonds. The number of hydrogen-bond donors (Lipinski definition) is 1. The maximum Gasteiger partial charge on any atom is 0.261 e. The fourth-order valence-electron chi connectivity index (χ4n) is 1.80. The summed E-state index contributed by atoms with van der Waals surface area (Å²) in [6.07, 6.45) is 1.98. The maximum absolute atomic E-state index is 12.0. The molecule has 0 radical (unpaired) electrons. The van der Waals surface area contributed by atoms with Crippen molar-refractivity contribution in [3.63, 3.8) is 0 Å². The first-order chi connectivity index (χ1) is 7.59. The molecule has 16 heavy (non-hydrogen) atoms. The van der Waals surface area contributed by atoms with Gasteiger partial charge in [0.05, 0.1) is 20.8 Å². The first kappa shape index (κ1) is 12.1. The highest BCUT2D eigenvalue weighted by Crippen LogP contribution is 2.24. The van der Waals surface area contributed by atoms with E-state index in [1.165, 1.54) is 11.3 Å². The van der Waals surface area contributed by atoms with Crippen molar-refractivity contribution < 1.29 is 9.53 Å². The molecule has 0 aromatic carbocycles. The zero-order chi connectivity index (χ0) is 11.6. The Morgan fingerprint density at radius 2 is 2.44 bits per heavy atom. The molecule has 1 fully saturated rings. The third-order valence-electron chi connectivity index (χ3n) is 2.65. The van der Waals surface area contributed by atoms with Gasteiger partial charge in [-0.1, -0.05) is 0 Å². The topological polar surface area (TPSA) is 38.3 Å². The van der Waals surface area contributed by atoms with Crippen LogP contribution < -0.4 is 5.32 Å². The average molecular weight is 304 g/mol. The van der Waals surface area contributed by atoms with Crippen LogP contribution in [0.1, 0.15) is 29.4 Å². The summed E-state index contributed by atoms with van der Waals surface area (Å²) in [5.41, 5.74) is -0.216. The monoisotopic (exact) mass is 303 g/mol. The predicted octanol–water partition coefficient (Wildman–Crippen LogP) is 2.81. The van der Waals surface area contributed by atoms with E-state index in [0.29, 0.717) is 6.61 Å². The smallest absolute Gasteiger partial charge is 0.261 e. The molecule has 0 spiro atoms. The molecule has 2 rings (SSSR count). The van der Waals surface area contributed by atoms with Crippen LogP contribution in [0.25, 0.3) is 0 Å². The molecular weight excluding hydrogens is 290 g/mol. The number of nitrogens with one attached hydrogen (secondary N) is 1. The number of halogens is 1. The fraction of sp³-hybridized carbons (Fsp3) is 0.545. The Kier molecular flexibility index (Phi) is 3.66. The Bertz CT molecular complexity index is 385. The van der Waals surface area contributed by atoms with E-state index in [-0.39, 0.29) is 11.4 Å². The molecule has 1 aromatic rings. The number of rotatable bonds is 2. The molecule has 1 aliphatic heterocycles. The molecule has 0 saturated carbocycles. The van der Waals surface area contributed by atoms with Crippen molar-refractivity contribution in [3.8, 4) is 0 Å². The van der Waals surface area contributed by atoms with Crippen molar-refractivity contribution in [2.75, 3.05) is 13.2 Å². The first-order valence-electron chi connectivity index (χ1n) is 5.25. The van der Waals surface area contributed by atoms with Gasteiger partial charge in [-0.15, -0.1) is 11.3 Å². The Morgan fingerprint density at radius 3 is 3.00 bits per heavy atom.